The standard InChI is InChI=1S/C10H7NO2/c12-9-4-7-2-5-1-6(5)3-8(7)10(13)11-9/h2-3H,1,4H2,(H,11,12,13). The zero-order valence-corrected chi connectivity index (χ0v) is 6.89. The molecule has 1 aromatic carbocycles. The number of hydrogen-bond acceptors (Lipinski definition) is 2. The quantitative estimate of drug-likeness (QED) is 0.586. The zero-order valence-electron chi connectivity index (χ0n) is 6.89. The summed E-state index contributed by atoms with van der Waals surface area (Å²) in [7, 11) is 0. The van der Waals surface area contributed by atoms with Crippen molar-refractivity contribution in [3.8, 4) is 0 Å². The van der Waals surface area contributed by atoms with E-state index >= 15 is 0 Å². The molecule has 0 bridgehead atoms. The molecule has 0 radical (unpaired) electrons. The van der Waals surface area contributed by atoms with Gasteiger partial charge in [0.25, 0.3) is 5.91 Å². The molecule has 0 aromatic heterocycles. The Labute approximate surface area is 74.8 Å². The van der Waals surface area contributed by atoms with Gasteiger partial charge in [-0.3, -0.25) is 14.9 Å². The number of nitrogens with one attached hydrogen (secondary N) is 1. The van der Waals surface area contributed by atoms with E-state index in [1.807, 2.05) is 12.1 Å². The van der Waals surface area contributed by atoms with Crippen LogP contribution < -0.4 is 5.32 Å². The van der Waals surface area contributed by atoms with Crippen LogP contribution in [0.3, 0.4) is 0 Å². The molecule has 1 aromatic rings. The number of imide groups is 1. The second-order valence-electron chi connectivity index (χ2n) is 3.51. The maximum Gasteiger partial charge on any atom is 0.258 e. The van der Waals surface area contributed by atoms with Gasteiger partial charge >= 0.3 is 0 Å². The Morgan fingerprint density at radius 3 is 2.62 bits per heavy atom. The molecule has 0 unspecified atom stereocenters. The summed E-state index contributed by atoms with van der Waals surface area (Å²) in [5.74, 6) is -0.445. The molecule has 64 valence electrons. The fourth-order valence-electron chi connectivity index (χ4n) is 1.77. The van der Waals surface area contributed by atoms with Crippen LogP contribution in [0.5, 0.6) is 0 Å². The first-order valence-electron chi connectivity index (χ1n) is 4.23. The summed E-state index contributed by atoms with van der Waals surface area (Å²) in [5.41, 5.74) is 4.07. The third-order valence-electron chi connectivity index (χ3n) is 2.53. The van der Waals surface area contributed by atoms with E-state index in [9.17, 15) is 9.59 Å². The predicted molar refractivity (Wildman–Crippen MR) is 45.4 cm³/mol. The second-order valence-corrected chi connectivity index (χ2v) is 3.51. The molecule has 1 N–H and O–H groups in total. The molecule has 0 fully saturated rings. The van der Waals surface area contributed by atoms with Crippen LogP contribution in [0.2, 0.25) is 0 Å². The molecule has 0 saturated heterocycles. The molecular weight excluding hydrogens is 166 g/mol. The van der Waals surface area contributed by atoms with Crippen LogP contribution in [0.15, 0.2) is 12.1 Å². The van der Waals surface area contributed by atoms with E-state index in [0.717, 1.165) is 12.0 Å². The van der Waals surface area contributed by atoms with Crippen molar-refractivity contribution in [2.75, 3.05) is 0 Å². The van der Waals surface area contributed by atoms with Crippen LogP contribution in [0.4, 0.5) is 0 Å². The highest BCUT2D eigenvalue weighted by Gasteiger charge is 2.27. The highest BCUT2D eigenvalue weighted by molar-refractivity contribution is 6.10. The Balaban J connectivity index is 2.21. The number of fused-ring (bicyclic) bond motifs is 2. The van der Waals surface area contributed by atoms with Gasteiger partial charge in [0, 0.05) is 5.56 Å². The van der Waals surface area contributed by atoms with Crippen molar-refractivity contribution in [1.29, 1.82) is 0 Å². The van der Waals surface area contributed by atoms with Crippen LogP contribution in [0.25, 0.3) is 0 Å². The highest BCUT2D eigenvalue weighted by atomic mass is 16.2. The van der Waals surface area contributed by atoms with E-state index < -0.39 is 0 Å². The first-order valence-corrected chi connectivity index (χ1v) is 4.23. The fourth-order valence-corrected chi connectivity index (χ4v) is 1.77. The van der Waals surface area contributed by atoms with Gasteiger partial charge in [-0.25, -0.2) is 0 Å². The third-order valence-corrected chi connectivity index (χ3v) is 2.53. The van der Waals surface area contributed by atoms with Crippen LogP contribution in [-0.2, 0) is 17.6 Å². The Kier molecular flexibility index (Phi) is 1.05. The molecule has 0 spiro atoms. The summed E-state index contributed by atoms with van der Waals surface area (Å²) in [4.78, 5) is 22.4. The minimum Gasteiger partial charge on any atom is -0.292 e. The van der Waals surface area contributed by atoms with Crippen molar-refractivity contribution in [2.24, 2.45) is 0 Å². The van der Waals surface area contributed by atoms with E-state index in [1.54, 1.807) is 0 Å². The third kappa shape index (κ3) is 0.900. The molecule has 13 heavy (non-hydrogen) atoms. The van der Waals surface area contributed by atoms with E-state index in [4.69, 9.17) is 0 Å². The minimum absolute atomic E-state index is 0.196. The van der Waals surface area contributed by atoms with Crippen molar-refractivity contribution >= 4 is 11.8 Å². The van der Waals surface area contributed by atoms with E-state index in [0.29, 0.717) is 12.0 Å². The molecular formula is C10H7NO2. The summed E-state index contributed by atoms with van der Waals surface area (Å²) in [6.07, 6.45) is 1.32. The van der Waals surface area contributed by atoms with E-state index in [-0.39, 0.29) is 11.8 Å². The Morgan fingerprint density at radius 2 is 1.77 bits per heavy atom. The van der Waals surface area contributed by atoms with Crippen molar-refractivity contribution in [3.05, 3.63) is 34.4 Å². The number of benzene rings is 1. The number of amides is 2. The van der Waals surface area contributed by atoms with Gasteiger partial charge in [-0.15, -0.1) is 0 Å². The average molecular weight is 173 g/mol. The number of hydrogen-bond donors (Lipinski definition) is 1. The van der Waals surface area contributed by atoms with Gasteiger partial charge in [-0.2, -0.15) is 0 Å². The maximum absolute atomic E-state index is 11.3. The van der Waals surface area contributed by atoms with E-state index in [2.05, 4.69) is 5.32 Å². The van der Waals surface area contributed by atoms with Gasteiger partial charge < -0.3 is 0 Å². The largest absolute Gasteiger partial charge is 0.292 e. The molecule has 1 aliphatic carbocycles. The topological polar surface area (TPSA) is 46.2 Å². The molecule has 3 rings (SSSR count). The number of carbonyl (C=O) groups excluding carboxylic acids is 2. The van der Waals surface area contributed by atoms with Gasteiger partial charge in [-0.05, 0) is 29.2 Å². The van der Waals surface area contributed by atoms with Crippen molar-refractivity contribution in [3.63, 3.8) is 0 Å². The smallest absolute Gasteiger partial charge is 0.258 e. The Morgan fingerprint density at radius 1 is 1.00 bits per heavy atom. The predicted octanol–water partition coefficient (Wildman–Crippen LogP) is 0.403. The summed E-state index contributed by atoms with van der Waals surface area (Å²) in [6.45, 7) is 0. The summed E-state index contributed by atoms with van der Waals surface area (Å²) in [6, 6.07) is 3.87. The first-order chi connectivity index (χ1) is 6.24. The lowest BCUT2D eigenvalue weighted by molar-refractivity contribution is -0.119. The molecule has 3 heteroatoms. The second kappa shape index (κ2) is 1.99. The lowest BCUT2D eigenvalue weighted by Gasteiger charge is -2.13. The van der Waals surface area contributed by atoms with Crippen molar-refractivity contribution in [2.45, 2.75) is 12.8 Å². The van der Waals surface area contributed by atoms with Crippen LogP contribution in [-0.4, -0.2) is 11.8 Å². The SMILES string of the molecule is O=C1Cc2cc3c(cc2C(=O)N1)C3. The lowest BCUT2D eigenvalue weighted by Crippen LogP contribution is -2.37. The Hall–Kier alpha value is -1.64. The summed E-state index contributed by atoms with van der Waals surface area (Å²) < 4.78 is 0. The first kappa shape index (κ1) is 6.83. The van der Waals surface area contributed by atoms with Gasteiger partial charge in [0.05, 0.1) is 6.42 Å². The average Bonchev–Trinajstić information content (AvgIpc) is 2.78. The minimum atomic E-state index is -0.249. The molecule has 2 aliphatic rings. The van der Waals surface area contributed by atoms with Gasteiger partial charge in [0.15, 0.2) is 0 Å². The number of rotatable bonds is 0. The lowest BCUT2D eigenvalue weighted by atomic mass is 10.0. The summed E-state index contributed by atoms with van der Waals surface area (Å²) in [5, 5.41) is 2.31. The molecule has 1 heterocycles. The zero-order chi connectivity index (χ0) is 9.00. The van der Waals surface area contributed by atoms with Crippen LogP contribution in [0, 0.1) is 0 Å². The molecule has 3 nitrogen and oxygen atoms in total. The Bertz CT molecular complexity index is 448. The van der Waals surface area contributed by atoms with Gasteiger partial charge in [0.2, 0.25) is 5.91 Å². The molecule has 1 aliphatic heterocycles. The number of carbonyl (C=O) groups is 2. The van der Waals surface area contributed by atoms with Crippen LogP contribution >= 0.6 is 0 Å². The maximum atomic E-state index is 11.3. The highest BCUT2D eigenvalue weighted by Crippen LogP contribution is 2.32. The normalized spacial score (nSPS) is 17.5. The monoisotopic (exact) mass is 173 g/mol. The fraction of sp³-hybridized carbons (Fsp3) is 0.200. The summed E-state index contributed by atoms with van der Waals surface area (Å²) >= 11 is 0. The van der Waals surface area contributed by atoms with Gasteiger partial charge in [-0.1, -0.05) is 6.07 Å². The molecule has 0 atom stereocenters. The van der Waals surface area contributed by atoms with Crippen LogP contribution in [0.1, 0.15) is 27.0 Å². The van der Waals surface area contributed by atoms with E-state index in [1.165, 1.54) is 11.1 Å². The van der Waals surface area contributed by atoms with Crippen molar-refractivity contribution in [1.82, 2.24) is 5.32 Å². The molecule has 0 saturated carbocycles. The van der Waals surface area contributed by atoms with Gasteiger partial charge in [0.1, 0.15) is 0 Å². The molecule has 2 amide bonds. The van der Waals surface area contributed by atoms with Crippen molar-refractivity contribution < 1.29 is 9.59 Å².